The molecule has 1 fully saturated rings. The topological polar surface area (TPSA) is 20.2 Å². The molecule has 2 atom stereocenters. The first-order chi connectivity index (χ1) is 6.01. The van der Waals surface area contributed by atoms with Gasteiger partial charge in [0, 0.05) is 0 Å². The Labute approximate surface area is 83.5 Å². The molecular weight excluding hydrogens is 160 g/mol. The van der Waals surface area contributed by atoms with Gasteiger partial charge in [-0.3, -0.25) is 0 Å². The largest absolute Gasteiger partial charge is 0.390 e. The van der Waals surface area contributed by atoms with Crippen LogP contribution in [0, 0.1) is 11.8 Å². The molecule has 13 heavy (non-hydrogen) atoms. The lowest BCUT2D eigenvalue weighted by atomic mass is 9.74. The van der Waals surface area contributed by atoms with Crippen LogP contribution in [0.2, 0.25) is 0 Å². The van der Waals surface area contributed by atoms with Crippen LogP contribution in [0.25, 0.3) is 0 Å². The first-order valence-corrected chi connectivity index (χ1v) is 5.74. The molecule has 1 N–H and O–H groups in total. The van der Waals surface area contributed by atoms with Crippen molar-refractivity contribution < 1.29 is 5.11 Å². The van der Waals surface area contributed by atoms with E-state index in [4.69, 9.17) is 0 Å². The van der Waals surface area contributed by atoms with E-state index >= 15 is 0 Å². The van der Waals surface area contributed by atoms with Gasteiger partial charge in [-0.2, -0.15) is 0 Å². The minimum Gasteiger partial charge on any atom is -0.390 e. The molecule has 1 heteroatoms. The van der Waals surface area contributed by atoms with E-state index in [1.165, 1.54) is 12.8 Å². The summed E-state index contributed by atoms with van der Waals surface area (Å²) in [6, 6.07) is 0. The first kappa shape index (κ1) is 13.0. The quantitative estimate of drug-likeness (QED) is 0.663. The zero-order valence-corrected chi connectivity index (χ0v) is 9.93. The lowest BCUT2D eigenvalue weighted by Gasteiger charge is -2.35. The Morgan fingerprint density at radius 1 is 1.31 bits per heavy atom. The van der Waals surface area contributed by atoms with Crippen molar-refractivity contribution >= 4 is 0 Å². The van der Waals surface area contributed by atoms with Gasteiger partial charge in [-0.15, -0.1) is 0 Å². The molecule has 1 nitrogen and oxygen atoms in total. The highest BCUT2D eigenvalue weighted by molar-refractivity contribution is 4.83. The lowest BCUT2D eigenvalue weighted by Crippen LogP contribution is -2.33. The molecule has 1 aliphatic rings. The number of hydrogen-bond acceptors (Lipinski definition) is 1. The molecule has 1 rings (SSSR count). The summed E-state index contributed by atoms with van der Waals surface area (Å²) in [6.45, 7) is 10.5. The molecule has 0 saturated heterocycles. The van der Waals surface area contributed by atoms with Crippen molar-refractivity contribution in [3.05, 3.63) is 0 Å². The second-order valence-electron chi connectivity index (χ2n) is 4.60. The van der Waals surface area contributed by atoms with Gasteiger partial charge >= 0.3 is 0 Å². The third-order valence-electron chi connectivity index (χ3n) is 2.94. The summed E-state index contributed by atoms with van der Waals surface area (Å²) in [7, 11) is 0. The second kappa shape index (κ2) is 5.64. The summed E-state index contributed by atoms with van der Waals surface area (Å²) in [6.07, 6.45) is 4.52. The van der Waals surface area contributed by atoms with Crippen LogP contribution < -0.4 is 0 Å². The van der Waals surface area contributed by atoms with Crippen molar-refractivity contribution in [2.45, 2.75) is 65.9 Å². The van der Waals surface area contributed by atoms with Gasteiger partial charge in [0.05, 0.1) is 5.60 Å². The van der Waals surface area contributed by atoms with Gasteiger partial charge in [-0.1, -0.05) is 34.1 Å². The molecular formula is C12H26O. The summed E-state index contributed by atoms with van der Waals surface area (Å²) in [4.78, 5) is 0. The maximum absolute atomic E-state index is 9.79. The SMILES string of the molecule is CC.CC(C)C1CCCC(C)(O)C1. The van der Waals surface area contributed by atoms with Gasteiger partial charge in [0.2, 0.25) is 0 Å². The van der Waals surface area contributed by atoms with Crippen LogP contribution in [0.4, 0.5) is 0 Å². The van der Waals surface area contributed by atoms with E-state index in [-0.39, 0.29) is 5.60 Å². The van der Waals surface area contributed by atoms with Crippen LogP contribution in [0.3, 0.4) is 0 Å². The van der Waals surface area contributed by atoms with E-state index in [1.54, 1.807) is 0 Å². The fraction of sp³-hybridized carbons (Fsp3) is 1.00. The van der Waals surface area contributed by atoms with Crippen molar-refractivity contribution in [3.63, 3.8) is 0 Å². The smallest absolute Gasteiger partial charge is 0.0622 e. The molecule has 0 spiro atoms. The van der Waals surface area contributed by atoms with Crippen LogP contribution in [-0.2, 0) is 0 Å². The summed E-state index contributed by atoms with van der Waals surface area (Å²) < 4.78 is 0. The Morgan fingerprint density at radius 3 is 2.15 bits per heavy atom. The van der Waals surface area contributed by atoms with Gasteiger partial charge in [0.25, 0.3) is 0 Å². The number of aliphatic hydroxyl groups is 1. The van der Waals surface area contributed by atoms with Gasteiger partial charge < -0.3 is 5.11 Å². The predicted molar refractivity (Wildman–Crippen MR) is 58.8 cm³/mol. The van der Waals surface area contributed by atoms with Gasteiger partial charge in [-0.05, 0) is 38.0 Å². The average molecular weight is 186 g/mol. The van der Waals surface area contributed by atoms with E-state index in [0.717, 1.165) is 24.7 Å². The highest BCUT2D eigenvalue weighted by Crippen LogP contribution is 2.35. The van der Waals surface area contributed by atoms with Crippen LogP contribution in [0.1, 0.15) is 60.3 Å². The molecule has 1 aliphatic carbocycles. The molecule has 1 saturated carbocycles. The minimum atomic E-state index is -0.368. The van der Waals surface area contributed by atoms with Crippen molar-refractivity contribution in [2.75, 3.05) is 0 Å². The Kier molecular flexibility index (Phi) is 5.62. The van der Waals surface area contributed by atoms with Crippen molar-refractivity contribution in [2.24, 2.45) is 11.8 Å². The maximum atomic E-state index is 9.79. The number of hydrogen-bond donors (Lipinski definition) is 1. The fourth-order valence-electron chi connectivity index (χ4n) is 2.08. The summed E-state index contributed by atoms with van der Waals surface area (Å²) in [5.74, 6) is 1.49. The normalized spacial score (nSPS) is 33.9. The van der Waals surface area contributed by atoms with Crippen molar-refractivity contribution in [3.8, 4) is 0 Å². The summed E-state index contributed by atoms with van der Waals surface area (Å²) in [5, 5.41) is 9.79. The van der Waals surface area contributed by atoms with Crippen LogP contribution in [0.5, 0.6) is 0 Å². The molecule has 80 valence electrons. The molecule has 0 amide bonds. The molecule has 0 heterocycles. The van der Waals surface area contributed by atoms with E-state index in [2.05, 4.69) is 13.8 Å². The molecule has 0 aromatic carbocycles. The van der Waals surface area contributed by atoms with Crippen LogP contribution >= 0.6 is 0 Å². The Bertz CT molecular complexity index is 127. The van der Waals surface area contributed by atoms with Crippen LogP contribution in [0.15, 0.2) is 0 Å². The molecule has 0 aliphatic heterocycles. The Balaban J connectivity index is 0.000000671. The average Bonchev–Trinajstić information content (AvgIpc) is 2.06. The Hall–Kier alpha value is -0.0400. The van der Waals surface area contributed by atoms with Crippen LogP contribution in [-0.4, -0.2) is 10.7 Å². The summed E-state index contributed by atoms with van der Waals surface area (Å²) >= 11 is 0. The lowest BCUT2D eigenvalue weighted by molar-refractivity contribution is -0.00807. The van der Waals surface area contributed by atoms with Gasteiger partial charge in [0.1, 0.15) is 0 Å². The van der Waals surface area contributed by atoms with E-state index in [1.807, 2.05) is 20.8 Å². The molecule has 0 radical (unpaired) electrons. The van der Waals surface area contributed by atoms with E-state index in [0.29, 0.717) is 0 Å². The highest BCUT2D eigenvalue weighted by atomic mass is 16.3. The van der Waals surface area contributed by atoms with E-state index in [9.17, 15) is 5.11 Å². The molecule has 0 aromatic rings. The third kappa shape index (κ3) is 4.66. The molecule has 0 bridgehead atoms. The zero-order chi connectivity index (χ0) is 10.5. The molecule has 0 aromatic heterocycles. The minimum absolute atomic E-state index is 0.368. The first-order valence-electron chi connectivity index (χ1n) is 5.74. The standard InChI is InChI=1S/C10H20O.C2H6/c1-8(2)9-5-4-6-10(3,11)7-9;1-2/h8-9,11H,4-7H2,1-3H3;1-2H3. The van der Waals surface area contributed by atoms with E-state index < -0.39 is 0 Å². The molecule has 2 unspecified atom stereocenters. The van der Waals surface area contributed by atoms with Crippen molar-refractivity contribution in [1.29, 1.82) is 0 Å². The third-order valence-corrected chi connectivity index (χ3v) is 2.94. The monoisotopic (exact) mass is 186 g/mol. The maximum Gasteiger partial charge on any atom is 0.0622 e. The van der Waals surface area contributed by atoms with Crippen molar-refractivity contribution in [1.82, 2.24) is 0 Å². The second-order valence-corrected chi connectivity index (χ2v) is 4.60. The number of rotatable bonds is 1. The Morgan fingerprint density at radius 2 is 1.85 bits per heavy atom. The summed E-state index contributed by atoms with van der Waals surface area (Å²) in [5.41, 5.74) is -0.368. The zero-order valence-electron chi connectivity index (χ0n) is 9.93. The van der Waals surface area contributed by atoms with Gasteiger partial charge in [-0.25, -0.2) is 0 Å². The predicted octanol–water partition coefficient (Wildman–Crippen LogP) is 3.61. The highest BCUT2D eigenvalue weighted by Gasteiger charge is 2.30. The fourth-order valence-corrected chi connectivity index (χ4v) is 2.08. The van der Waals surface area contributed by atoms with Gasteiger partial charge in [0.15, 0.2) is 0 Å².